The number of likely N-dealkylation sites (tertiary alicyclic amines) is 1. The summed E-state index contributed by atoms with van der Waals surface area (Å²) in [6, 6.07) is 14.5. The summed E-state index contributed by atoms with van der Waals surface area (Å²) in [4.78, 5) is 29.1. The number of rotatable bonds is 10. The van der Waals surface area contributed by atoms with Gasteiger partial charge in [-0.05, 0) is 140 Å². The van der Waals surface area contributed by atoms with Crippen molar-refractivity contribution in [3.63, 3.8) is 0 Å². The average molecular weight is 668 g/mol. The first-order valence-electron chi connectivity index (χ1n) is 18.0. The van der Waals surface area contributed by atoms with Gasteiger partial charge in [0.05, 0.1) is 23.4 Å². The van der Waals surface area contributed by atoms with Crippen LogP contribution in [0.1, 0.15) is 88.6 Å². The number of benzene rings is 2. The van der Waals surface area contributed by atoms with E-state index in [9.17, 15) is 9.18 Å². The molecule has 1 atom stereocenters. The third kappa shape index (κ3) is 8.16. The predicted octanol–water partition coefficient (Wildman–Crippen LogP) is 7.50. The lowest BCUT2D eigenvalue weighted by molar-refractivity contribution is 0.0584. The number of nitrogens with zero attached hydrogens (tertiary/aromatic N) is 6. The molecular formula is C39H50FN7O2. The van der Waals surface area contributed by atoms with E-state index in [1.54, 1.807) is 11.1 Å². The number of carbonyl (C=O) groups is 1. The molecule has 10 heteroatoms. The zero-order valence-electron chi connectivity index (χ0n) is 29.4. The summed E-state index contributed by atoms with van der Waals surface area (Å²) in [6.07, 6.45) is 11.7. The largest absolute Gasteiger partial charge is 0.451 e. The summed E-state index contributed by atoms with van der Waals surface area (Å²) < 4.78 is 20.7. The van der Waals surface area contributed by atoms with Crippen LogP contribution in [0.25, 0.3) is 0 Å². The zero-order valence-corrected chi connectivity index (χ0v) is 29.4. The number of amides is 1. The number of nitriles is 1. The van der Waals surface area contributed by atoms with Crippen molar-refractivity contribution in [1.29, 1.82) is 5.26 Å². The number of hydrogen-bond acceptors (Lipinski definition) is 8. The van der Waals surface area contributed by atoms with Gasteiger partial charge in [0.1, 0.15) is 17.9 Å². The molecule has 3 aliphatic rings. The number of anilines is 2. The number of piperidine rings is 1. The van der Waals surface area contributed by atoms with Gasteiger partial charge in [-0.15, -0.1) is 0 Å². The van der Waals surface area contributed by atoms with Crippen molar-refractivity contribution in [2.75, 3.05) is 42.9 Å². The second kappa shape index (κ2) is 15.1. The lowest BCUT2D eigenvalue weighted by atomic mass is 9.67. The van der Waals surface area contributed by atoms with Crippen LogP contribution >= 0.6 is 0 Å². The fourth-order valence-corrected chi connectivity index (χ4v) is 8.20. The van der Waals surface area contributed by atoms with Crippen LogP contribution < -0.4 is 15.0 Å². The fraction of sp³-hybridized carbons (Fsp3) is 0.538. The molecule has 1 N–H and O–H groups in total. The van der Waals surface area contributed by atoms with Gasteiger partial charge in [-0.3, -0.25) is 4.79 Å². The number of aromatic nitrogens is 2. The number of ether oxygens (including phenoxy) is 1. The number of carbonyl (C=O) groups excluding carboxylic acids is 1. The highest BCUT2D eigenvalue weighted by atomic mass is 19.1. The van der Waals surface area contributed by atoms with Crippen molar-refractivity contribution in [3.05, 3.63) is 71.9 Å². The Balaban J connectivity index is 1.02. The second-order valence-corrected chi connectivity index (χ2v) is 14.9. The van der Waals surface area contributed by atoms with Gasteiger partial charge in [-0.2, -0.15) is 5.26 Å². The van der Waals surface area contributed by atoms with E-state index in [0.29, 0.717) is 40.3 Å². The topological polar surface area (TPSA) is 97.6 Å². The van der Waals surface area contributed by atoms with Gasteiger partial charge in [0.15, 0.2) is 11.6 Å². The van der Waals surface area contributed by atoms with Crippen LogP contribution in [0.15, 0.2) is 55.0 Å². The highest BCUT2D eigenvalue weighted by molar-refractivity contribution is 5.97. The highest BCUT2D eigenvalue weighted by Gasteiger charge is 2.39. The SMILES string of the molecule is CC(C)N(C(=O)c1cc(F)ccc1Oc1cncnc1N1CC[C@@H](CN2CCC3(CCC(Nc4ccc(C#N)cc4)CC3)CC2)C1)C(C)C. The third-order valence-corrected chi connectivity index (χ3v) is 10.8. The first kappa shape index (κ1) is 34.6. The van der Waals surface area contributed by atoms with E-state index >= 15 is 0 Å². The molecule has 1 spiro atoms. The van der Waals surface area contributed by atoms with Gasteiger partial charge >= 0.3 is 0 Å². The van der Waals surface area contributed by atoms with Gasteiger partial charge in [0, 0.05) is 43.4 Å². The molecule has 3 aromatic rings. The van der Waals surface area contributed by atoms with Crippen molar-refractivity contribution in [2.24, 2.45) is 11.3 Å². The Morgan fingerprint density at radius 1 is 1.02 bits per heavy atom. The molecule has 2 aliphatic heterocycles. The molecule has 2 aromatic carbocycles. The lowest BCUT2D eigenvalue weighted by Crippen LogP contribution is -2.45. The molecule has 3 heterocycles. The summed E-state index contributed by atoms with van der Waals surface area (Å²) in [7, 11) is 0. The summed E-state index contributed by atoms with van der Waals surface area (Å²) in [6.45, 7) is 12.9. The Hall–Kier alpha value is -4.23. The molecule has 0 bridgehead atoms. The van der Waals surface area contributed by atoms with Crippen LogP contribution in [0.5, 0.6) is 11.5 Å². The minimum absolute atomic E-state index is 0.0513. The van der Waals surface area contributed by atoms with E-state index in [1.807, 2.05) is 52.0 Å². The third-order valence-electron chi connectivity index (χ3n) is 10.8. The van der Waals surface area contributed by atoms with Crippen molar-refractivity contribution in [1.82, 2.24) is 19.8 Å². The van der Waals surface area contributed by atoms with E-state index in [1.165, 1.54) is 63.1 Å². The number of hydrogen-bond donors (Lipinski definition) is 1. The maximum atomic E-state index is 14.4. The Morgan fingerprint density at radius 2 is 1.73 bits per heavy atom. The Kier molecular flexibility index (Phi) is 10.7. The average Bonchev–Trinajstić information content (AvgIpc) is 3.56. The van der Waals surface area contributed by atoms with Gasteiger partial charge in [-0.25, -0.2) is 14.4 Å². The van der Waals surface area contributed by atoms with E-state index in [2.05, 4.69) is 31.2 Å². The summed E-state index contributed by atoms with van der Waals surface area (Å²) in [5, 5.41) is 12.8. The van der Waals surface area contributed by atoms with Crippen LogP contribution in [-0.2, 0) is 0 Å². The van der Waals surface area contributed by atoms with Crippen molar-refractivity contribution < 1.29 is 13.9 Å². The molecule has 260 valence electrons. The number of nitrogens with one attached hydrogen (secondary N) is 1. The number of halogens is 1. The molecule has 3 fully saturated rings. The maximum absolute atomic E-state index is 14.4. The van der Waals surface area contributed by atoms with Crippen molar-refractivity contribution in [3.8, 4) is 17.6 Å². The van der Waals surface area contributed by atoms with E-state index in [0.717, 1.165) is 44.8 Å². The van der Waals surface area contributed by atoms with Gasteiger partial charge < -0.3 is 24.8 Å². The lowest BCUT2D eigenvalue weighted by Gasteiger charge is -2.46. The molecule has 6 rings (SSSR count). The first-order chi connectivity index (χ1) is 23.6. The first-order valence-corrected chi connectivity index (χ1v) is 18.0. The Bertz CT molecular complexity index is 1610. The minimum atomic E-state index is -0.483. The van der Waals surface area contributed by atoms with Crippen LogP contribution in [0.4, 0.5) is 15.9 Å². The van der Waals surface area contributed by atoms with Gasteiger partial charge in [0.25, 0.3) is 5.91 Å². The molecule has 0 unspecified atom stereocenters. The molecule has 9 nitrogen and oxygen atoms in total. The van der Waals surface area contributed by atoms with Crippen molar-refractivity contribution in [2.45, 2.75) is 90.8 Å². The zero-order chi connectivity index (χ0) is 34.5. The van der Waals surface area contributed by atoms with Crippen molar-refractivity contribution >= 4 is 17.4 Å². The monoisotopic (exact) mass is 667 g/mol. The minimum Gasteiger partial charge on any atom is -0.451 e. The Morgan fingerprint density at radius 3 is 2.41 bits per heavy atom. The van der Waals surface area contributed by atoms with Crippen LogP contribution in [-0.4, -0.2) is 76.5 Å². The summed E-state index contributed by atoms with van der Waals surface area (Å²) in [5.41, 5.74) is 2.46. The van der Waals surface area contributed by atoms with Crippen LogP contribution in [0.3, 0.4) is 0 Å². The maximum Gasteiger partial charge on any atom is 0.258 e. The van der Waals surface area contributed by atoms with Gasteiger partial charge in [0.2, 0.25) is 0 Å². The molecular weight excluding hydrogens is 617 g/mol. The molecule has 1 aromatic heterocycles. The fourth-order valence-electron chi connectivity index (χ4n) is 8.20. The quantitative estimate of drug-likeness (QED) is 0.237. The predicted molar refractivity (Wildman–Crippen MR) is 190 cm³/mol. The van der Waals surface area contributed by atoms with E-state index in [4.69, 9.17) is 10.00 Å². The smallest absolute Gasteiger partial charge is 0.258 e. The van der Waals surface area contributed by atoms with Crippen LogP contribution in [0.2, 0.25) is 0 Å². The molecule has 49 heavy (non-hydrogen) atoms. The molecule has 1 amide bonds. The normalized spacial score (nSPS) is 19.7. The summed E-state index contributed by atoms with van der Waals surface area (Å²) >= 11 is 0. The molecule has 2 saturated heterocycles. The molecule has 0 radical (unpaired) electrons. The van der Waals surface area contributed by atoms with Gasteiger partial charge in [-0.1, -0.05) is 0 Å². The van der Waals surface area contributed by atoms with E-state index in [-0.39, 0.29) is 23.6 Å². The standard InChI is InChI=1S/C39H50FN7O2/c1-27(2)47(28(3)4)38(48)34-21-31(40)7-10-35(34)49-36-23-42-26-43-37(36)46-18-13-30(25-46)24-45-19-16-39(17-20-45)14-11-33(12-15-39)44-32-8-5-29(22-41)6-9-32/h5-10,21,23,26-28,30,33,44H,11-20,24-25H2,1-4H3/t30-/m0/s1. The molecule has 1 saturated carbocycles. The summed E-state index contributed by atoms with van der Waals surface area (Å²) in [5.74, 6) is 1.24. The van der Waals surface area contributed by atoms with Crippen LogP contribution in [0, 0.1) is 28.5 Å². The Labute approximate surface area is 290 Å². The molecule has 1 aliphatic carbocycles. The van der Waals surface area contributed by atoms with E-state index < -0.39 is 5.82 Å². The highest BCUT2D eigenvalue weighted by Crippen LogP contribution is 2.45. The second-order valence-electron chi connectivity index (χ2n) is 14.9.